The predicted molar refractivity (Wildman–Crippen MR) is 74.4 cm³/mol. The normalized spacial score (nSPS) is 23.8. The number of allylic oxidation sites excluding steroid dienone is 1. The number of carbonyl (C=O) groups excluding carboxylic acids is 1. The van der Waals surface area contributed by atoms with Gasteiger partial charge < -0.3 is 5.32 Å². The highest BCUT2D eigenvalue weighted by Gasteiger charge is 2.33. The minimum atomic E-state index is -0.0653. The van der Waals surface area contributed by atoms with E-state index < -0.39 is 0 Å². The molecule has 0 fully saturated rings. The number of dihydropyridines is 1. The van der Waals surface area contributed by atoms with Gasteiger partial charge in [-0.3, -0.25) is 9.79 Å². The molecule has 0 bridgehead atoms. The van der Waals surface area contributed by atoms with Gasteiger partial charge in [0.2, 0.25) is 0 Å². The molecule has 0 saturated heterocycles. The standard InChI is InChI=1S/C14H12ClN3O/c1-8-9(4-5-12(15)18-8)13(19)11-7-17-14-10(11)3-2-6-16-14/h2-7,10,14,17H,1H3. The largest absolute Gasteiger partial charge is 0.369 e. The first-order chi connectivity index (χ1) is 9.16. The number of pyridine rings is 1. The van der Waals surface area contributed by atoms with E-state index in [1.807, 2.05) is 12.2 Å². The van der Waals surface area contributed by atoms with Crippen molar-refractivity contribution in [3.63, 3.8) is 0 Å². The van der Waals surface area contributed by atoms with Crippen molar-refractivity contribution in [2.24, 2.45) is 10.9 Å². The zero-order chi connectivity index (χ0) is 13.4. The van der Waals surface area contributed by atoms with Gasteiger partial charge in [-0.25, -0.2) is 4.98 Å². The van der Waals surface area contributed by atoms with Crippen LogP contribution in [0, 0.1) is 12.8 Å². The van der Waals surface area contributed by atoms with Crippen LogP contribution in [0.25, 0.3) is 0 Å². The molecule has 96 valence electrons. The first-order valence-electron chi connectivity index (χ1n) is 6.01. The molecule has 19 heavy (non-hydrogen) atoms. The number of aromatic nitrogens is 1. The monoisotopic (exact) mass is 273 g/mol. The molecule has 2 aliphatic rings. The van der Waals surface area contributed by atoms with Crippen LogP contribution in [-0.4, -0.2) is 23.1 Å². The topological polar surface area (TPSA) is 54.4 Å². The van der Waals surface area contributed by atoms with Gasteiger partial charge in [0.15, 0.2) is 5.78 Å². The van der Waals surface area contributed by atoms with E-state index in [0.29, 0.717) is 22.0 Å². The van der Waals surface area contributed by atoms with Crippen molar-refractivity contribution in [3.05, 3.63) is 52.5 Å². The average molecular weight is 274 g/mol. The molecule has 0 spiro atoms. The van der Waals surface area contributed by atoms with Crippen molar-refractivity contribution in [3.8, 4) is 0 Å². The maximum atomic E-state index is 12.6. The molecule has 1 N–H and O–H groups in total. The number of carbonyl (C=O) groups is 1. The summed E-state index contributed by atoms with van der Waals surface area (Å²) in [6.45, 7) is 1.79. The number of aliphatic imine (C=N–C) groups is 1. The number of fused-ring (bicyclic) bond motifs is 1. The first-order valence-corrected chi connectivity index (χ1v) is 6.38. The second kappa shape index (κ2) is 4.63. The van der Waals surface area contributed by atoms with Crippen molar-refractivity contribution in [1.82, 2.24) is 10.3 Å². The predicted octanol–water partition coefficient (Wildman–Crippen LogP) is 2.30. The van der Waals surface area contributed by atoms with E-state index in [9.17, 15) is 4.79 Å². The molecular formula is C14H12ClN3O. The lowest BCUT2D eigenvalue weighted by Gasteiger charge is -2.17. The third-order valence-corrected chi connectivity index (χ3v) is 3.53. The average Bonchev–Trinajstić information content (AvgIpc) is 2.82. The number of nitrogens with zero attached hydrogens (tertiary/aromatic N) is 2. The maximum Gasteiger partial charge on any atom is 0.193 e. The first kappa shape index (κ1) is 12.1. The molecule has 1 aromatic heterocycles. The molecular weight excluding hydrogens is 262 g/mol. The molecule has 3 rings (SSSR count). The second-order valence-electron chi connectivity index (χ2n) is 4.52. The van der Waals surface area contributed by atoms with E-state index in [1.165, 1.54) is 0 Å². The van der Waals surface area contributed by atoms with Crippen molar-refractivity contribution in [2.75, 3.05) is 0 Å². The summed E-state index contributed by atoms with van der Waals surface area (Å²) in [5, 5.41) is 3.51. The third kappa shape index (κ3) is 2.08. The number of halogens is 1. The lowest BCUT2D eigenvalue weighted by atomic mass is 9.91. The Morgan fingerprint density at radius 1 is 1.42 bits per heavy atom. The van der Waals surface area contributed by atoms with E-state index >= 15 is 0 Å². The molecule has 0 amide bonds. The van der Waals surface area contributed by atoms with Gasteiger partial charge in [-0.15, -0.1) is 0 Å². The zero-order valence-electron chi connectivity index (χ0n) is 10.3. The van der Waals surface area contributed by atoms with Gasteiger partial charge >= 0.3 is 0 Å². The summed E-state index contributed by atoms with van der Waals surface area (Å²) in [6, 6.07) is 3.36. The van der Waals surface area contributed by atoms with Crippen LogP contribution in [0.2, 0.25) is 5.15 Å². The van der Waals surface area contributed by atoms with Crippen LogP contribution in [0.5, 0.6) is 0 Å². The molecule has 5 heteroatoms. The molecule has 0 radical (unpaired) electrons. The molecule has 2 unspecified atom stereocenters. The Morgan fingerprint density at radius 3 is 3.05 bits per heavy atom. The van der Waals surface area contributed by atoms with Gasteiger partial charge in [0.25, 0.3) is 0 Å². The minimum Gasteiger partial charge on any atom is -0.369 e. The smallest absolute Gasteiger partial charge is 0.193 e. The fourth-order valence-corrected chi connectivity index (χ4v) is 2.53. The lowest BCUT2D eigenvalue weighted by Crippen LogP contribution is -2.27. The summed E-state index contributed by atoms with van der Waals surface area (Å²) in [7, 11) is 0. The molecule has 3 heterocycles. The van der Waals surface area contributed by atoms with Gasteiger partial charge in [-0.2, -0.15) is 0 Å². The van der Waals surface area contributed by atoms with Crippen LogP contribution in [0.4, 0.5) is 0 Å². The van der Waals surface area contributed by atoms with E-state index in [0.717, 1.165) is 0 Å². The Kier molecular flexibility index (Phi) is 2.95. The summed E-state index contributed by atoms with van der Waals surface area (Å²) in [4.78, 5) is 21.0. The summed E-state index contributed by atoms with van der Waals surface area (Å²) >= 11 is 5.81. The SMILES string of the molecule is Cc1nc(Cl)ccc1C(=O)C1=CNC2N=CC=CC12. The van der Waals surface area contributed by atoms with Crippen LogP contribution < -0.4 is 5.32 Å². The van der Waals surface area contributed by atoms with Gasteiger partial charge in [0, 0.05) is 29.5 Å². The highest BCUT2D eigenvalue weighted by Crippen LogP contribution is 2.29. The van der Waals surface area contributed by atoms with Gasteiger partial charge in [-0.1, -0.05) is 17.7 Å². The minimum absolute atomic E-state index is 0.00687. The van der Waals surface area contributed by atoms with Gasteiger partial charge in [0.1, 0.15) is 11.3 Å². The molecule has 1 aromatic rings. The van der Waals surface area contributed by atoms with Crippen molar-refractivity contribution < 1.29 is 4.79 Å². The number of aryl methyl sites for hydroxylation is 1. The van der Waals surface area contributed by atoms with Crippen LogP contribution >= 0.6 is 11.6 Å². The summed E-state index contributed by atoms with van der Waals surface area (Å²) in [5.41, 5.74) is 1.94. The Hall–Kier alpha value is -1.94. The second-order valence-corrected chi connectivity index (χ2v) is 4.90. The number of hydrogen-bond donors (Lipinski definition) is 1. The number of rotatable bonds is 2. The number of ketones is 1. The number of Topliss-reactive ketones (excluding diaryl/α,β-unsaturated/α-hetero) is 1. The highest BCUT2D eigenvalue weighted by atomic mass is 35.5. The van der Waals surface area contributed by atoms with Crippen LogP contribution in [-0.2, 0) is 0 Å². The Morgan fingerprint density at radius 2 is 2.26 bits per heavy atom. The fraction of sp³-hybridized carbons (Fsp3) is 0.214. The van der Waals surface area contributed by atoms with E-state index in [1.54, 1.807) is 31.5 Å². The van der Waals surface area contributed by atoms with Gasteiger partial charge in [0.05, 0.1) is 5.69 Å². The van der Waals surface area contributed by atoms with E-state index in [2.05, 4.69) is 15.3 Å². The van der Waals surface area contributed by atoms with Crippen LogP contribution in [0.3, 0.4) is 0 Å². The summed E-state index contributed by atoms with van der Waals surface area (Å²) in [6.07, 6.45) is 7.27. The third-order valence-electron chi connectivity index (χ3n) is 3.32. The van der Waals surface area contributed by atoms with Crippen molar-refractivity contribution >= 4 is 23.6 Å². The van der Waals surface area contributed by atoms with E-state index in [-0.39, 0.29) is 17.9 Å². The van der Waals surface area contributed by atoms with Crippen molar-refractivity contribution in [2.45, 2.75) is 13.1 Å². The number of nitrogens with one attached hydrogen (secondary N) is 1. The molecule has 2 aliphatic heterocycles. The zero-order valence-corrected chi connectivity index (χ0v) is 11.1. The number of hydrogen-bond acceptors (Lipinski definition) is 4. The lowest BCUT2D eigenvalue weighted by molar-refractivity contribution is 0.102. The highest BCUT2D eigenvalue weighted by molar-refractivity contribution is 6.29. The van der Waals surface area contributed by atoms with Gasteiger partial charge in [-0.05, 0) is 25.1 Å². The quantitative estimate of drug-likeness (QED) is 0.664. The Labute approximate surface area is 115 Å². The van der Waals surface area contributed by atoms with Crippen molar-refractivity contribution in [1.29, 1.82) is 0 Å². The Balaban J connectivity index is 1.93. The molecule has 4 nitrogen and oxygen atoms in total. The van der Waals surface area contributed by atoms with Crippen LogP contribution in [0.15, 0.2) is 41.1 Å². The Bertz CT molecular complexity index is 634. The van der Waals surface area contributed by atoms with Crippen LogP contribution in [0.1, 0.15) is 16.1 Å². The fourth-order valence-electron chi connectivity index (χ4n) is 2.34. The summed E-state index contributed by atoms with van der Waals surface area (Å²) in [5.74, 6) is -0.0315. The van der Waals surface area contributed by atoms with E-state index in [4.69, 9.17) is 11.6 Å². The molecule has 0 saturated carbocycles. The molecule has 0 aromatic carbocycles. The maximum absolute atomic E-state index is 12.6. The molecule has 0 aliphatic carbocycles. The molecule has 2 atom stereocenters. The summed E-state index contributed by atoms with van der Waals surface area (Å²) < 4.78 is 0.